The number of anilines is 1. The molecule has 12 heteroatoms. The number of benzene rings is 1. The number of carbonyl (C=O) groups excluding carboxylic acids is 2. The number of halogens is 1. The molecule has 1 atom stereocenters. The number of imidazole rings is 1. The standard InChI is InChI=1S/C39H36ClN7O4/c1-23-28-12-10-25(21-26(28)16-19-41-23)11-14-31-29(13-15-32(43-31)44-36(48)24(2)46(6)38(49)51-39(3,4)5)35-34(30-9-8-18-42-37(30)50-7)45-33-22-27(40)17-20-47(33)35/h8-10,12-13,15-22,24H,1-7H3,(H,43,44,48). The highest BCUT2D eigenvalue weighted by atomic mass is 35.5. The second-order valence-corrected chi connectivity index (χ2v) is 13.3. The third-order valence-corrected chi connectivity index (χ3v) is 8.38. The van der Waals surface area contributed by atoms with E-state index in [-0.39, 0.29) is 5.82 Å². The first kappa shape index (κ1) is 34.9. The number of fused-ring (bicyclic) bond motifs is 2. The van der Waals surface area contributed by atoms with Crippen LogP contribution in [0.15, 0.2) is 79.3 Å². The Morgan fingerprint density at radius 2 is 1.78 bits per heavy atom. The van der Waals surface area contributed by atoms with E-state index >= 15 is 0 Å². The van der Waals surface area contributed by atoms with Crippen molar-refractivity contribution in [1.29, 1.82) is 0 Å². The minimum absolute atomic E-state index is 0.245. The zero-order valence-electron chi connectivity index (χ0n) is 29.3. The van der Waals surface area contributed by atoms with E-state index in [1.807, 2.05) is 60.0 Å². The smallest absolute Gasteiger partial charge is 0.410 e. The van der Waals surface area contributed by atoms with E-state index in [2.05, 4.69) is 27.1 Å². The van der Waals surface area contributed by atoms with Gasteiger partial charge in [-0.25, -0.2) is 19.7 Å². The van der Waals surface area contributed by atoms with Crippen molar-refractivity contribution in [3.63, 3.8) is 0 Å². The van der Waals surface area contributed by atoms with Gasteiger partial charge in [-0.15, -0.1) is 0 Å². The molecule has 5 aromatic heterocycles. The molecule has 0 bridgehead atoms. The Morgan fingerprint density at radius 3 is 2.55 bits per heavy atom. The van der Waals surface area contributed by atoms with Gasteiger partial charge in [-0.2, -0.15) is 0 Å². The van der Waals surface area contributed by atoms with Crippen LogP contribution in [0, 0.1) is 18.8 Å². The second-order valence-electron chi connectivity index (χ2n) is 12.9. The number of aryl methyl sites for hydroxylation is 1. The molecule has 11 nitrogen and oxygen atoms in total. The molecule has 0 radical (unpaired) electrons. The number of ether oxygens (including phenoxy) is 2. The quantitative estimate of drug-likeness (QED) is 0.176. The van der Waals surface area contributed by atoms with Gasteiger partial charge in [0.1, 0.15) is 34.5 Å². The molecule has 1 aromatic carbocycles. The van der Waals surface area contributed by atoms with Gasteiger partial charge in [0, 0.05) is 58.9 Å². The highest BCUT2D eigenvalue weighted by molar-refractivity contribution is 6.30. The maximum atomic E-state index is 13.4. The predicted molar refractivity (Wildman–Crippen MR) is 198 cm³/mol. The van der Waals surface area contributed by atoms with Crippen LogP contribution < -0.4 is 10.1 Å². The Hall–Kier alpha value is -5.99. The number of aromatic nitrogens is 5. The topological polar surface area (TPSA) is 124 Å². The number of nitrogens with zero attached hydrogens (tertiary/aromatic N) is 6. The van der Waals surface area contributed by atoms with E-state index in [4.69, 9.17) is 31.0 Å². The Balaban J connectivity index is 1.48. The molecule has 0 saturated heterocycles. The van der Waals surface area contributed by atoms with Gasteiger partial charge in [-0.3, -0.25) is 19.1 Å². The number of rotatable bonds is 6. The normalized spacial score (nSPS) is 11.8. The summed E-state index contributed by atoms with van der Waals surface area (Å²) in [5.41, 5.74) is 4.47. The van der Waals surface area contributed by atoms with Gasteiger partial charge in [0.15, 0.2) is 0 Å². The molecule has 51 heavy (non-hydrogen) atoms. The number of hydrogen-bond acceptors (Lipinski definition) is 8. The molecule has 6 rings (SSSR count). The summed E-state index contributed by atoms with van der Waals surface area (Å²) in [5, 5.41) is 5.42. The van der Waals surface area contributed by atoms with Crippen molar-refractivity contribution in [3.8, 4) is 40.2 Å². The Morgan fingerprint density at radius 1 is 0.980 bits per heavy atom. The lowest BCUT2D eigenvalue weighted by molar-refractivity contribution is -0.120. The molecule has 0 spiro atoms. The first-order valence-corrected chi connectivity index (χ1v) is 16.5. The summed E-state index contributed by atoms with van der Waals surface area (Å²) in [6.07, 6.45) is 4.63. The van der Waals surface area contributed by atoms with Crippen LogP contribution in [0.5, 0.6) is 5.88 Å². The van der Waals surface area contributed by atoms with Gasteiger partial charge in [0.05, 0.1) is 18.4 Å². The van der Waals surface area contributed by atoms with Crippen LogP contribution in [0.3, 0.4) is 0 Å². The minimum Gasteiger partial charge on any atom is -0.481 e. The lowest BCUT2D eigenvalue weighted by Gasteiger charge is -2.28. The molecule has 1 N–H and O–H groups in total. The molecule has 0 fully saturated rings. The second kappa shape index (κ2) is 14.1. The fourth-order valence-corrected chi connectivity index (χ4v) is 5.60. The maximum Gasteiger partial charge on any atom is 0.410 e. The lowest BCUT2D eigenvalue weighted by Crippen LogP contribution is -2.45. The SMILES string of the molecule is COc1ncccc1-c1nc2cc(Cl)ccn2c1-c1ccc(NC(=O)C(C)N(C)C(=O)OC(C)(C)C)nc1C#Cc1ccc2c(C)nccc2c1. The molecule has 0 aliphatic carbocycles. The number of likely N-dealkylation sites (N-methyl/N-ethyl adjacent to an activating group) is 1. The van der Waals surface area contributed by atoms with E-state index in [0.717, 1.165) is 22.0 Å². The summed E-state index contributed by atoms with van der Waals surface area (Å²) >= 11 is 6.40. The fourth-order valence-electron chi connectivity index (χ4n) is 5.45. The van der Waals surface area contributed by atoms with Crippen LogP contribution in [-0.4, -0.2) is 67.0 Å². The van der Waals surface area contributed by atoms with Crippen molar-refractivity contribution < 1.29 is 19.1 Å². The van der Waals surface area contributed by atoms with Crippen molar-refractivity contribution in [2.75, 3.05) is 19.5 Å². The lowest BCUT2D eigenvalue weighted by atomic mass is 10.0. The van der Waals surface area contributed by atoms with Crippen LogP contribution in [0.1, 0.15) is 44.6 Å². The summed E-state index contributed by atoms with van der Waals surface area (Å²) in [5.74, 6) is 6.72. The van der Waals surface area contributed by atoms with Gasteiger partial charge in [0.25, 0.3) is 0 Å². The molecule has 0 aliphatic rings. The van der Waals surface area contributed by atoms with E-state index in [1.54, 1.807) is 65.4 Å². The highest BCUT2D eigenvalue weighted by Crippen LogP contribution is 2.38. The average molecular weight is 702 g/mol. The van der Waals surface area contributed by atoms with E-state index < -0.39 is 23.6 Å². The fraction of sp³-hybridized carbons (Fsp3) is 0.231. The number of methoxy groups -OCH3 is 1. The number of hydrogen-bond donors (Lipinski definition) is 1. The van der Waals surface area contributed by atoms with Gasteiger partial charge in [-0.1, -0.05) is 23.6 Å². The molecule has 0 aliphatic heterocycles. The number of amides is 2. The van der Waals surface area contributed by atoms with E-state index in [0.29, 0.717) is 44.8 Å². The zero-order valence-corrected chi connectivity index (χ0v) is 30.0. The van der Waals surface area contributed by atoms with Crippen molar-refractivity contribution in [1.82, 2.24) is 29.2 Å². The van der Waals surface area contributed by atoms with Crippen molar-refractivity contribution in [2.24, 2.45) is 0 Å². The zero-order chi connectivity index (χ0) is 36.4. The molecule has 2 amide bonds. The molecule has 0 saturated carbocycles. The molecule has 258 valence electrons. The van der Waals surface area contributed by atoms with Crippen molar-refractivity contribution >= 4 is 45.8 Å². The van der Waals surface area contributed by atoms with E-state index in [1.165, 1.54) is 11.9 Å². The molecule has 5 heterocycles. The molecular weight excluding hydrogens is 666 g/mol. The summed E-state index contributed by atoms with van der Waals surface area (Å²) in [6.45, 7) is 8.88. The number of nitrogens with one attached hydrogen (secondary N) is 1. The van der Waals surface area contributed by atoms with Gasteiger partial charge in [-0.05, 0) is 94.5 Å². The maximum absolute atomic E-state index is 13.4. The molecule has 1 unspecified atom stereocenters. The van der Waals surface area contributed by atoms with Gasteiger partial charge in [0.2, 0.25) is 11.8 Å². The van der Waals surface area contributed by atoms with Crippen LogP contribution >= 0.6 is 11.6 Å². The first-order chi connectivity index (χ1) is 24.3. The molecular formula is C39H36ClN7O4. The third kappa shape index (κ3) is 7.46. The van der Waals surface area contributed by atoms with Gasteiger partial charge < -0.3 is 14.8 Å². The Bertz CT molecular complexity index is 2370. The monoisotopic (exact) mass is 701 g/mol. The summed E-state index contributed by atoms with van der Waals surface area (Å²) < 4.78 is 13.0. The van der Waals surface area contributed by atoms with Crippen LogP contribution in [0.4, 0.5) is 10.6 Å². The highest BCUT2D eigenvalue weighted by Gasteiger charge is 2.28. The van der Waals surface area contributed by atoms with Crippen LogP contribution in [0.25, 0.3) is 38.9 Å². The first-order valence-electron chi connectivity index (χ1n) is 16.2. The predicted octanol–water partition coefficient (Wildman–Crippen LogP) is 7.57. The Labute approximate surface area is 300 Å². The largest absolute Gasteiger partial charge is 0.481 e. The van der Waals surface area contributed by atoms with E-state index in [9.17, 15) is 9.59 Å². The van der Waals surface area contributed by atoms with Crippen molar-refractivity contribution in [3.05, 3.63) is 101 Å². The summed E-state index contributed by atoms with van der Waals surface area (Å²) in [7, 11) is 3.06. The Kier molecular flexibility index (Phi) is 9.63. The number of pyridine rings is 4. The minimum atomic E-state index is -0.862. The third-order valence-electron chi connectivity index (χ3n) is 8.14. The van der Waals surface area contributed by atoms with Crippen molar-refractivity contribution in [2.45, 2.75) is 46.3 Å². The van der Waals surface area contributed by atoms with Crippen LogP contribution in [-0.2, 0) is 9.53 Å². The summed E-state index contributed by atoms with van der Waals surface area (Å²) in [6, 6.07) is 17.7. The van der Waals surface area contributed by atoms with Gasteiger partial charge >= 0.3 is 6.09 Å². The summed E-state index contributed by atoms with van der Waals surface area (Å²) in [4.78, 5) is 45.9. The average Bonchev–Trinajstić information content (AvgIpc) is 3.47. The van der Waals surface area contributed by atoms with Crippen LogP contribution in [0.2, 0.25) is 5.02 Å². The number of carbonyl (C=O) groups is 2. The molecule has 6 aromatic rings.